The first-order valence-corrected chi connectivity index (χ1v) is 6.38. The van der Waals surface area contributed by atoms with Crippen molar-refractivity contribution in [3.05, 3.63) is 35.1 Å². The molecule has 1 atom stereocenters. The van der Waals surface area contributed by atoms with Crippen LogP contribution in [-0.4, -0.2) is 18.1 Å². The third kappa shape index (κ3) is 3.51. The van der Waals surface area contributed by atoms with Crippen LogP contribution < -0.4 is 5.32 Å². The molecule has 1 unspecified atom stereocenters. The Labute approximate surface area is 99.9 Å². The molecule has 0 spiro atoms. The average Bonchev–Trinajstić information content (AvgIpc) is 2.31. The van der Waals surface area contributed by atoms with Crippen LogP contribution in [0, 0.1) is 17.1 Å². The fourth-order valence-electron chi connectivity index (χ4n) is 1.30. The van der Waals surface area contributed by atoms with Crippen LogP contribution in [0.4, 0.5) is 4.39 Å². The SMILES string of the molecule is CSC(C)CNCc1cccc(C#N)c1F. The lowest BCUT2D eigenvalue weighted by molar-refractivity contribution is 0.585. The van der Waals surface area contributed by atoms with E-state index in [9.17, 15) is 4.39 Å². The Bertz CT molecular complexity index is 387. The molecule has 4 heteroatoms. The van der Waals surface area contributed by atoms with Gasteiger partial charge < -0.3 is 5.32 Å². The van der Waals surface area contributed by atoms with E-state index in [4.69, 9.17) is 5.26 Å². The molecule has 86 valence electrons. The number of nitrogens with zero attached hydrogens (tertiary/aromatic N) is 1. The molecule has 2 nitrogen and oxygen atoms in total. The monoisotopic (exact) mass is 238 g/mol. The molecule has 0 radical (unpaired) electrons. The maximum absolute atomic E-state index is 13.6. The number of nitrogens with one attached hydrogen (secondary N) is 1. The van der Waals surface area contributed by atoms with E-state index in [1.54, 1.807) is 23.9 Å². The maximum Gasteiger partial charge on any atom is 0.145 e. The standard InChI is InChI=1S/C12H15FN2S/c1-9(16-2)7-15-8-11-5-3-4-10(6-14)12(11)13/h3-5,9,15H,7-8H2,1-2H3. The fraction of sp³-hybridized carbons (Fsp3) is 0.417. The number of rotatable bonds is 5. The second kappa shape index (κ2) is 6.51. The lowest BCUT2D eigenvalue weighted by Crippen LogP contribution is -2.22. The summed E-state index contributed by atoms with van der Waals surface area (Å²) < 4.78 is 13.6. The number of thioether (sulfide) groups is 1. The summed E-state index contributed by atoms with van der Waals surface area (Å²) in [5.74, 6) is -0.408. The molecule has 16 heavy (non-hydrogen) atoms. The van der Waals surface area contributed by atoms with Gasteiger partial charge in [0.05, 0.1) is 5.56 Å². The Morgan fingerprint density at radius 1 is 1.56 bits per heavy atom. The number of hydrogen-bond donors (Lipinski definition) is 1. The van der Waals surface area contributed by atoms with Crippen LogP contribution in [0.15, 0.2) is 18.2 Å². The lowest BCUT2D eigenvalue weighted by Gasteiger charge is -2.10. The van der Waals surface area contributed by atoms with Gasteiger partial charge in [-0.2, -0.15) is 17.0 Å². The molecule has 0 fully saturated rings. The topological polar surface area (TPSA) is 35.8 Å². The normalized spacial score (nSPS) is 12.1. The van der Waals surface area contributed by atoms with Gasteiger partial charge in [-0.3, -0.25) is 0 Å². The highest BCUT2D eigenvalue weighted by Gasteiger charge is 2.07. The molecule has 1 rings (SSSR count). The second-order valence-electron chi connectivity index (χ2n) is 3.57. The first-order chi connectivity index (χ1) is 7.69. The van der Waals surface area contributed by atoms with Crippen molar-refractivity contribution in [3.63, 3.8) is 0 Å². The van der Waals surface area contributed by atoms with Gasteiger partial charge in [0.15, 0.2) is 0 Å². The molecule has 0 amide bonds. The minimum Gasteiger partial charge on any atom is -0.311 e. The minimum absolute atomic E-state index is 0.109. The molecule has 0 saturated heterocycles. The van der Waals surface area contributed by atoms with Crippen LogP contribution in [0.1, 0.15) is 18.1 Å². The Hall–Kier alpha value is -1.05. The molecule has 0 aromatic heterocycles. The Morgan fingerprint density at radius 3 is 2.94 bits per heavy atom. The summed E-state index contributed by atoms with van der Waals surface area (Å²) in [6.45, 7) is 3.41. The van der Waals surface area contributed by atoms with Gasteiger partial charge in [0, 0.05) is 23.9 Å². The molecule has 0 saturated carbocycles. The van der Waals surface area contributed by atoms with Crippen molar-refractivity contribution in [1.29, 1.82) is 5.26 Å². The van der Waals surface area contributed by atoms with E-state index in [2.05, 4.69) is 12.2 Å². The second-order valence-corrected chi connectivity index (χ2v) is 4.84. The zero-order valence-corrected chi connectivity index (χ0v) is 10.3. The number of hydrogen-bond acceptors (Lipinski definition) is 3. The summed E-state index contributed by atoms with van der Waals surface area (Å²) in [5.41, 5.74) is 0.657. The molecule has 0 bridgehead atoms. The highest BCUT2D eigenvalue weighted by Crippen LogP contribution is 2.12. The van der Waals surface area contributed by atoms with E-state index in [1.807, 2.05) is 12.3 Å². The number of halogens is 1. The fourth-order valence-corrected chi connectivity index (χ4v) is 1.58. The third-order valence-corrected chi connectivity index (χ3v) is 3.32. The van der Waals surface area contributed by atoms with Gasteiger partial charge in [-0.15, -0.1) is 0 Å². The van der Waals surface area contributed by atoms with Gasteiger partial charge in [0.1, 0.15) is 11.9 Å². The molecule has 0 aliphatic carbocycles. The van der Waals surface area contributed by atoms with Crippen LogP contribution in [0.5, 0.6) is 0 Å². The van der Waals surface area contributed by atoms with Crippen molar-refractivity contribution in [3.8, 4) is 6.07 Å². The zero-order chi connectivity index (χ0) is 12.0. The van der Waals surface area contributed by atoms with Gasteiger partial charge >= 0.3 is 0 Å². The van der Waals surface area contributed by atoms with Crippen LogP contribution in [-0.2, 0) is 6.54 Å². The van der Waals surface area contributed by atoms with E-state index in [0.29, 0.717) is 17.4 Å². The molecule has 0 aliphatic rings. The van der Waals surface area contributed by atoms with Crippen molar-refractivity contribution in [1.82, 2.24) is 5.32 Å². The summed E-state index contributed by atoms with van der Waals surface area (Å²) in [5, 5.41) is 12.4. The van der Waals surface area contributed by atoms with E-state index in [0.717, 1.165) is 6.54 Å². The smallest absolute Gasteiger partial charge is 0.145 e. The molecule has 1 aromatic carbocycles. The van der Waals surface area contributed by atoms with E-state index >= 15 is 0 Å². The predicted octanol–water partition coefficient (Wildman–Crippen LogP) is 2.54. The van der Waals surface area contributed by atoms with Crippen LogP contribution in [0.25, 0.3) is 0 Å². The Kier molecular flexibility index (Phi) is 5.30. The summed E-state index contributed by atoms with van der Waals surface area (Å²) in [4.78, 5) is 0. The third-order valence-electron chi connectivity index (χ3n) is 2.35. The Morgan fingerprint density at radius 2 is 2.31 bits per heavy atom. The van der Waals surface area contributed by atoms with E-state index in [-0.39, 0.29) is 5.56 Å². The summed E-state index contributed by atoms with van der Waals surface area (Å²) in [7, 11) is 0. The van der Waals surface area contributed by atoms with E-state index < -0.39 is 5.82 Å². The van der Waals surface area contributed by atoms with Crippen molar-refractivity contribution < 1.29 is 4.39 Å². The van der Waals surface area contributed by atoms with Gasteiger partial charge in [-0.1, -0.05) is 19.1 Å². The molecule has 1 aromatic rings. The number of nitriles is 1. The molecule has 0 heterocycles. The molecular weight excluding hydrogens is 223 g/mol. The van der Waals surface area contributed by atoms with Gasteiger partial charge in [-0.05, 0) is 12.3 Å². The van der Waals surface area contributed by atoms with Gasteiger partial charge in [-0.25, -0.2) is 4.39 Å². The maximum atomic E-state index is 13.6. The quantitative estimate of drug-likeness (QED) is 0.856. The van der Waals surface area contributed by atoms with E-state index in [1.165, 1.54) is 6.07 Å². The summed E-state index contributed by atoms with van der Waals surface area (Å²) >= 11 is 1.76. The first-order valence-electron chi connectivity index (χ1n) is 5.10. The molecule has 1 N–H and O–H groups in total. The Balaban J connectivity index is 2.58. The van der Waals surface area contributed by atoms with Crippen LogP contribution in [0.2, 0.25) is 0 Å². The van der Waals surface area contributed by atoms with Crippen molar-refractivity contribution in [2.45, 2.75) is 18.7 Å². The predicted molar refractivity (Wildman–Crippen MR) is 65.8 cm³/mol. The largest absolute Gasteiger partial charge is 0.311 e. The van der Waals surface area contributed by atoms with Gasteiger partial charge in [0.2, 0.25) is 0 Å². The van der Waals surface area contributed by atoms with Crippen molar-refractivity contribution >= 4 is 11.8 Å². The summed E-state index contributed by atoms with van der Waals surface area (Å²) in [6, 6.07) is 6.73. The highest BCUT2D eigenvalue weighted by molar-refractivity contribution is 7.99. The lowest BCUT2D eigenvalue weighted by atomic mass is 10.1. The van der Waals surface area contributed by atoms with Crippen LogP contribution in [0.3, 0.4) is 0 Å². The number of benzene rings is 1. The molecular formula is C12H15FN2S. The minimum atomic E-state index is -0.408. The zero-order valence-electron chi connectivity index (χ0n) is 9.46. The van der Waals surface area contributed by atoms with Gasteiger partial charge in [0.25, 0.3) is 0 Å². The molecule has 0 aliphatic heterocycles. The van der Waals surface area contributed by atoms with Crippen molar-refractivity contribution in [2.75, 3.05) is 12.8 Å². The van der Waals surface area contributed by atoms with Crippen LogP contribution >= 0.6 is 11.8 Å². The average molecular weight is 238 g/mol. The first kappa shape index (κ1) is 13.0. The van der Waals surface area contributed by atoms with Crippen molar-refractivity contribution in [2.24, 2.45) is 0 Å². The summed E-state index contributed by atoms with van der Waals surface area (Å²) in [6.07, 6.45) is 2.04. The highest BCUT2D eigenvalue weighted by atomic mass is 32.2.